The van der Waals surface area contributed by atoms with Crippen molar-refractivity contribution in [1.82, 2.24) is 9.88 Å². The number of likely N-dealkylation sites (N-methyl/N-ethyl adjacent to an activating group) is 1. The Bertz CT molecular complexity index is 1200. The van der Waals surface area contributed by atoms with Crippen molar-refractivity contribution in [1.29, 1.82) is 0 Å². The third-order valence-electron chi connectivity index (χ3n) is 5.80. The number of hydrogen-bond donors (Lipinski definition) is 2. The quantitative estimate of drug-likeness (QED) is 0.488. The number of primary amides is 1. The highest BCUT2D eigenvalue weighted by atomic mass is 19.1. The van der Waals surface area contributed by atoms with Crippen LogP contribution >= 0.6 is 0 Å². The van der Waals surface area contributed by atoms with Gasteiger partial charge in [0.1, 0.15) is 29.7 Å². The van der Waals surface area contributed by atoms with Crippen LogP contribution in [0.15, 0.2) is 36.5 Å². The number of carbonyl (C=O) groups excluding carboxylic acids is 1. The van der Waals surface area contributed by atoms with Crippen LogP contribution in [0.2, 0.25) is 0 Å². The molecule has 0 spiro atoms. The second-order valence-corrected chi connectivity index (χ2v) is 8.10. The van der Waals surface area contributed by atoms with Crippen molar-refractivity contribution in [3.05, 3.63) is 53.7 Å². The number of rotatable bonds is 8. The fourth-order valence-electron chi connectivity index (χ4n) is 3.97. The second kappa shape index (κ2) is 10.2. The Morgan fingerprint density at radius 2 is 1.91 bits per heavy atom. The molecule has 0 atom stereocenters. The van der Waals surface area contributed by atoms with Crippen LogP contribution in [0, 0.1) is 11.6 Å². The molecule has 3 aromatic rings. The predicted octanol–water partition coefficient (Wildman–Crippen LogP) is 3.13. The zero-order valence-electron chi connectivity index (χ0n) is 19.1. The highest BCUT2D eigenvalue weighted by molar-refractivity contribution is 6.10. The first kappa shape index (κ1) is 23.7. The molecule has 2 aromatic carbocycles. The van der Waals surface area contributed by atoms with E-state index in [9.17, 15) is 13.6 Å². The highest BCUT2D eigenvalue weighted by Crippen LogP contribution is 2.40. The maximum Gasteiger partial charge on any atom is 0.252 e. The Hall–Kier alpha value is -3.50. The number of hydrogen-bond acceptors (Lipinski definition) is 7. The lowest BCUT2D eigenvalue weighted by atomic mass is 10.1. The number of nitrogens with zero attached hydrogens (tertiary/aromatic N) is 3. The molecule has 34 heavy (non-hydrogen) atoms. The van der Waals surface area contributed by atoms with Gasteiger partial charge in [-0.25, -0.2) is 8.78 Å². The maximum absolute atomic E-state index is 14.4. The molecular formula is C24H27F2N5O3. The monoisotopic (exact) mass is 471 g/mol. The average Bonchev–Trinajstić information content (AvgIpc) is 2.81. The van der Waals surface area contributed by atoms with Crippen LogP contribution < -0.4 is 20.7 Å². The van der Waals surface area contributed by atoms with E-state index in [0.29, 0.717) is 35.6 Å². The summed E-state index contributed by atoms with van der Waals surface area (Å²) in [6.07, 6.45) is 1.37. The van der Waals surface area contributed by atoms with Crippen LogP contribution in [0.3, 0.4) is 0 Å². The lowest BCUT2D eigenvalue weighted by Crippen LogP contribution is -2.44. The summed E-state index contributed by atoms with van der Waals surface area (Å²) in [6.45, 7) is 4.01. The van der Waals surface area contributed by atoms with E-state index in [1.807, 2.05) is 0 Å². The standard InChI is InChI=1S/C24H27F2N5O3/c1-30-7-9-31(10-8-30)23-20(34-12-11-33-2)6-4-16-21(17(24(27)32)14-28-22(16)23)29-19-5-3-15(25)13-18(19)26/h3-6,13-14H,7-12H2,1-2H3,(H2,27,32)(H,28,29). The van der Waals surface area contributed by atoms with Crippen molar-refractivity contribution in [2.24, 2.45) is 5.73 Å². The molecule has 180 valence electrons. The minimum atomic E-state index is -0.792. The summed E-state index contributed by atoms with van der Waals surface area (Å²) in [5.74, 6) is -1.58. The first-order chi connectivity index (χ1) is 16.4. The summed E-state index contributed by atoms with van der Waals surface area (Å²) < 4.78 is 39.0. The van der Waals surface area contributed by atoms with Gasteiger partial charge >= 0.3 is 0 Å². The molecule has 1 aromatic heterocycles. The predicted molar refractivity (Wildman–Crippen MR) is 127 cm³/mol. The smallest absolute Gasteiger partial charge is 0.252 e. The number of anilines is 3. The molecule has 1 aliphatic rings. The van der Waals surface area contributed by atoms with E-state index in [1.165, 1.54) is 12.3 Å². The first-order valence-electron chi connectivity index (χ1n) is 10.9. The normalized spacial score (nSPS) is 14.4. The van der Waals surface area contributed by atoms with Gasteiger partial charge in [0.15, 0.2) is 0 Å². The minimum absolute atomic E-state index is 0.0120. The fraction of sp³-hybridized carbons (Fsp3) is 0.333. The van der Waals surface area contributed by atoms with Gasteiger partial charge in [-0.1, -0.05) is 0 Å². The molecule has 1 aliphatic heterocycles. The molecule has 0 aliphatic carbocycles. The summed E-state index contributed by atoms with van der Waals surface area (Å²) in [5.41, 5.74) is 7.35. The van der Waals surface area contributed by atoms with E-state index < -0.39 is 17.5 Å². The Morgan fingerprint density at radius 3 is 2.59 bits per heavy atom. The van der Waals surface area contributed by atoms with Crippen molar-refractivity contribution in [2.45, 2.75) is 0 Å². The summed E-state index contributed by atoms with van der Waals surface area (Å²) in [6, 6.07) is 6.72. The van der Waals surface area contributed by atoms with E-state index in [-0.39, 0.29) is 11.3 Å². The number of nitrogens with two attached hydrogens (primary N) is 1. The molecule has 0 saturated carbocycles. The molecule has 3 N–H and O–H groups in total. The zero-order chi connectivity index (χ0) is 24.2. The Labute approximate surface area is 196 Å². The zero-order valence-corrected chi connectivity index (χ0v) is 19.1. The second-order valence-electron chi connectivity index (χ2n) is 8.10. The number of ether oxygens (including phenoxy) is 2. The topological polar surface area (TPSA) is 93.0 Å². The van der Waals surface area contributed by atoms with Crippen LogP contribution in [0.4, 0.5) is 25.8 Å². The number of fused-ring (bicyclic) bond motifs is 1. The van der Waals surface area contributed by atoms with Crippen molar-refractivity contribution < 1.29 is 23.0 Å². The first-order valence-corrected chi connectivity index (χ1v) is 10.9. The molecule has 1 fully saturated rings. The van der Waals surface area contributed by atoms with Crippen LogP contribution in [0.25, 0.3) is 10.9 Å². The molecule has 2 heterocycles. The van der Waals surface area contributed by atoms with Gasteiger partial charge in [-0.3, -0.25) is 9.78 Å². The van der Waals surface area contributed by atoms with E-state index in [4.69, 9.17) is 15.2 Å². The molecule has 1 saturated heterocycles. The van der Waals surface area contributed by atoms with Crippen LogP contribution in [0.1, 0.15) is 10.4 Å². The minimum Gasteiger partial charge on any atom is -0.489 e. The number of piperazine rings is 1. The van der Waals surface area contributed by atoms with Crippen molar-refractivity contribution in [3.63, 3.8) is 0 Å². The number of halogens is 2. The van der Waals surface area contributed by atoms with Gasteiger partial charge < -0.3 is 30.3 Å². The number of amides is 1. The molecule has 1 amide bonds. The molecule has 0 radical (unpaired) electrons. The van der Waals surface area contributed by atoms with Gasteiger partial charge in [0, 0.05) is 50.9 Å². The van der Waals surface area contributed by atoms with Gasteiger partial charge in [0.05, 0.1) is 29.1 Å². The van der Waals surface area contributed by atoms with Gasteiger partial charge in [0.2, 0.25) is 0 Å². The van der Waals surface area contributed by atoms with Gasteiger partial charge in [0.25, 0.3) is 5.91 Å². The molecule has 0 unspecified atom stereocenters. The van der Waals surface area contributed by atoms with E-state index in [2.05, 4.69) is 27.1 Å². The van der Waals surface area contributed by atoms with Crippen LogP contribution in [0.5, 0.6) is 5.75 Å². The summed E-state index contributed by atoms with van der Waals surface area (Å²) in [7, 11) is 3.66. The molecule has 0 bridgehead atoms. The highest BCUT2D eigenvalue weighted by Gasteiger charge is 2.24. The number of pyridine rings is 1. The fourth-order valence-corrected chi connectivity index (χ4v) is 3.97. The lowest BCUT2D eigenvalue weighted by molar-refractivity contribution is 0.100. The summed E-state index contributed by atoms with van der Waals surface area (Å²) in [4.78, 5) is 21.2. The summed E-state index contributed by atoms with van der Waals surface area (Å²) in [5, 5.41) is 3.49. The SMILES string of the molecule is COCCOc1ccc2c(Nc3ccc(F)cc3F)c(C(N)=O)cnc2c1N1CCN(C)CC1. The Morgan fingerprint density at radius 1 is 1.15 bits per heavy atom. The van der Waals surface area contributed by atoms with Crippen molar-refractivity contribution in [2.75, 3.05) is 63.8 Å². The van der Waals surface area contributed by atoms with Crippen molar-refractivity contribution in [3.8, 4) is 5.75 Å². The van der Waals surface area contributed by atoms with Crippen LogP contribution in [-0.4, -0.2) is 69.3 Å². The largest absolute Gasteiger partial charge is 0.489 e. The molecule has 10 heteroatoms. The molecule has 8 nitrogen and oxygen atoms in total. The van der Waals surface area contributed by atoms with Gasteiger partial charge in [-0.2, -0.15) is 0 Å². The van der Waals surface area contributed by atoms with E-state index in [1.54, 1.807) is 19.2 Å². The maximum atomic E-state index is 14.4. The Balaban J connectivity index is 1.87. The summed E-state index contributed by atoms with van der Waals surface area (Å²) >= 11 is 0. The van der Waals surface area contributed by atoms with Gasteiger partial charge in [-0.15, -0.1) is 0 Å². The van der Waals surface area contributed by atoms with Crippen LogP contribution in [-0.2, 0) is 4.74 Å². The number of benzene rings is 2. The number of aromatic nitrogens is 1. The molecular weight excluding hydrogens is 444 g/mol. The number of methoxy groups -OCH3 is 1. The molecule has 4 rings (SSSR count). The lowest BCUT2D eigenvalue weighted by Gasteiger charge is -2.35. The number of carbonyl (C=O) groups is 1. The third kappa shape index (κ3) is 4.87. The van der Waals surface area contributed by atoms with E-state index in [0.717, 1.165) is 44.0 Å². The Kier molecular flexibility index (Phi) is 7.09. The van der Waals surface area contributed by atoms with Crippen molar-refractivity contribution >= 4 is 33.9 Å². The van der Waals surface area contributed by atoms with E-state index >= 15 is 0 Å². The third-order valence-corrected chi connectivity index (χ3v) is 5.80. The average molecular weight is 472 g/mol. The number of nitrogens with one attached hydrogen (secondary N) is 1. The van der Waals surface area contributed by atoms with Gasteiger partial charge in [-0.05, 0) is 31.3 Å².